The Morgan fingerprint density at radius 1 is 1.23 bits per heavy atom. The minimum Gasteiger partial charge on any atom is -0.334 e. The number of nitrogens with zero attached hydrogens (tertiary/aromatic N) is 2. The van der Waals surface area contributed by atoms with E-state index in [9.17, 15) is 0 Å². The van der Waals surface area contributed by atoms with Gasteiger partial charge in [0.15, 0.2) is 0 Å². The predicted octanol–water partition coefficient (Wildman–Crippen LogP) is 2.63. The highest BCUT2D eigenvalue weighted by Crippen LogP contribution is 2.27. The quantitative estimate of drug-likeness (QED) is 0.591. The molecule has 1 aliphatic carbocycles. The van der Waals surface area contributed by atoms with Crippen molar-refractivity contribution >= 4 is 11.1 Å². The lowest BCUT2D eigenvalue weighted by Crippen LogP contribution is -1.94. The van der Waals surface area contributed by atoms with Crippen LogP contribution in [-0.2, 0) is 7.05 Å². The van der Waals surface area contributed by atoms with Crippen molar-refractivity contribution in [3.05, 3.63) is 29.9 Å². The van der Waals surface area contributed by atoms with Crippen LogP contribution in [0.5, 0.6) is 0 Å². The second kappa shape index (κ2) is 2.87. The molecule has 2 rings (SSSR count). The molecule has 0 saturated carbocycles. The highest BCUT2D eigenvalue weighted by molar-refractivity contribution is 5.76. The maximum absolute atomic E-state index is 4.40. The molecule has 1 aromatic rings. The second-order valence-electron chi connectivity index (χ2n) is 3.56. The van der Waals surface area contributed by atoms with Gasteiger partial charge in [0.2, 0.25) is 0 Å². The average Bonchev–Trinajstić information content (AvgIpc) is 2.40. The molecular formula is C11H14N2. The first kappa shape index (κ1) is 8.30. The Morgan fingerprint density at radius 2 is 1.92 bits per heavy atom. The normalized spacial score (nSPS) is 15.9. The summed E-state index contributed by atoms with van der Waals surface area (Å²) in [5.74, 6) is 0. The molecule has 68 valence electrons. The van der Waals surface area contributed by atoms with E-state index in [4.69, 9.17) is 0 Å². The summed E-state index contributed by atoms with van der Waals surface area (Å²) in [5, 5.41) is 0. The molecule has 1 aliphatic rings. The third-order valence-corrected chi connectivity index (χ3v) is 2.53. The number of aryl methyl sites for hydroxylation is 1. The Balaban J connectivity index is 2.68. The van der Waals surface area contributed by atoms with Crippen molar-refractivity contribution in [3.8, 4) is 0 Å². The molecule has 2 nitrogen and oxygen atoms in total. The van der Waals surface area contributed by atoms with E-state index in [2.05, 4.69) is 35.6 Å². The molecule has 0 aliphatic heterocycles. The van der Waals surface area contributed by atoms with E-state index in [0.717, 1.165) is 12.1 Å². The lowest BCUT2D eigenvalue weighted by molar-refractivity contribution is 0.895. The van der Waals surface area contributed by atoms with Crippen LogP contribution in [0, 0.1) is 0 Å². The summed E-state index contributed by atoms with van der Waals surface area (Å²) in [5.41, 5.74) is 4.99. The number of imidazole rings is 1. The number of allylic oxidation sites excluding steroid dienone is 4. The van der Waals surface area contributed by atoms with E-state index in [-0.39, 0.29) is 0 Å². The summed E-state index contributed by atoms with van der Waals surface area (Å²) in [7, 11) is 2.04. The molecule has 0 atom stereocenters. The second-order valence-corrected chi connectivity index (χ2v) is 3.56. The van der Waals surface area contributed by atoms with Gasteiger partial charge in [-0.3, -0.25) is 0 Å². The predicted molar refractivity (Wildman–Crippen MR) is 55.1 cm³/mol. The Morgan fingerprint density at radius 3 is 2.69 bits per heavy atom. The van der Waals surface area contributed by atoms with Gasteiger partial charge in [0.1, 0.15) is 0 Å². The van der Waals surface area contributed by atoms with Gasteiger partial charge in [-0.2, -0.15) is 0 Å². The SMILES string of the molecule is CC1=CCC=C(C)c2c1ncn2C. The van der Waals surface area contributed by atoms with Crippen molar-refractivity contribution in [1.82, 2.24) is 9.55 Å². The molecule has 0 aromatic carbocycles. The third-order valence-electron chi connectivity index (χ3n) is 2.53. The number of aromatic nitrogens is 2. The Kier molecular flexibility index (Phi) is 1.83. The maximum atomic E-state index is 4.40. The lowest BCUT2D eigenvalue weighted by Gasteiger charge is -2.03. The standard InChI is InChI=1S/C11H14N2/c1-8-5-4-6-9(2)11-10(8)12-7-13(11)3/h5-7H,4H2,1-3H3. The Hall–Kier alpha value is -1.31. The van der Waals surface area contributed by atoms with Crippen LogP contribution in [0.2, 0.25) is 0 Å². The van der Waals surface area contributed by atoms with Gasteiger partial charge >= 0.3 is 0 Å². The fourth-order valence-electron chi connectivity index (χ4n) is 1.79. The molecule has 1 heterocycles. The zero-order valence-corrected chi connectivity index (χ0v) is 8.33. The molecule has 0 N–H and O–H groups in total. The molecule has 0 amide bonds. The van der Waals surface area contributed by atoms with Gasteiger partial charge in [-0.1, -0.05) is 12.2 Å². The first-order valence-corrected chi connectivity index (χ1v) is 4.55. The topological polar surface area (TPSA) is 17.8 Å². The van der Waals surface area contributed by atoms with E-state index < -0.39 is 0 Å². The first-order valence-electron chi connectivity index (χ1n) is 4.55. The number of hydrogen-bond acceptors (Lipinski definition) is 1. The summed E-state index contributed by atoms with van der Waals surface area (Å²) in [6.07, 6.45) is 7.37. The van der Waals surface area contributed by atoms with Gasteiger partial charge in [-0.15, -0.1) is 0 Å². The molecule has 0 bridgehead atoms. The maximum Gasteiger partial charge on any atom is 0.0955 e. The van der Waals surface area contributed by atoms with Crippen molar-refractivity contribution < 1.29 is 0 Å². The van der Waals surface area contributed by atoms with Crippen LogP contribution < -0.4 is 0 Å². The van der Waals surface area contributed by atoms with Crippen LogP contribution in [0.25, 0.3) is 11.1 Å². The van der Waals surface area contributed by atoms with Crippen molar-refractivity contribution in [3.63, 3.8) is 0 Å². The summed E-state index contributed by atoms with van der Waals surface area (Å²) < 4.78 is 2.09. The molecule has 0 spiro atoms. The first-order chi connectivity index (χ1) is 6.20. The smallest absolute Gasteiger partial charge is 0.0955 e. The van der Waals surface area contributed by atoms with E-state index in [0.29, 0.717) is 0 Å². The zero-order valence-electron chi connectivity index (χ0n) is 8.33. The molecule has 1 aromatic heterocycles. The minimum atomic E-state index is 1.02. The van der Waals surface area contributed by atoms with Crippen LogP contribution >= 0.6 is 0 Å². The highest BCUT2D eigenvalue weighted by atomic mass is 15.0. The van der Waals surface area contributed by atoms with Crippen molar-refractivity contribution in [2.45, 2.75) is 20.3 Å². The molecule has 0 unspecified atom stereocenters. The van der Waals surface area contributed by atoms with Crippen LogP contribution in [0.1, 0.15) is 31.7 Å². The Bertz CT molecular complexity index is 394. The van der Waals surface area contributed by atoms with E-state index in [1.165, 1.54) is 16.8 Å². The summed E-state index contributed by atoms with van der Waals surface area (Å²) in [6.45, 7) is 4.27. The van der Waals surface area contributed by atoms with Crippen LogP contribution in [0.15, 0.2) is 18.5 Å². The van der Waals surface area contributed by atoms with E-state index >= 15 is 0 Å². The molecular weight excluding hydrogens is 160 g/mol. The summed E-state index contributed by atoms with van der Waals surface area (Å²) >= 11 is 0. The van der Waals surface area contributed by atoms with E-state index in [1.54, 1.807) is 0 Å². The lowest BCUT2D eigenvalue weighted by atomic mass is 10.1. The average molecular weight is 174 g/mol. The molecule has 13 heavy (non-hydrogen) atoms. The third kappa shape index (κ3) is 1.22. The molecule has 0 fully saturated rings. The monoisotopic (exact) mass is 174 g/mol. The number of rotatable bonds is 0. The van der Waals surface area contributed by atoms with Gasteiger partial charge in [0, 0.05) is 7.05 Å². The van der Waals surface area contributed by atoms with Gasteiger partial charge in [0.25, 0.3) is 0 Å². The van der Waals surface area contributed by atoms with Gasteiger partial charge in [-0.05, 0) is 31.4 Å². The fourth-order valence-corrected chi connectivity index (χ4v) is 1.79. The van der Waals surface area contributed by atoms with Crippen LogP contribution in [0.4, 0.5) is 0 Å². The summed E-state index contributed by atoms with van der Waals surface area (Å²) in [6, 6.07) is 0. The van der Waals surface area contributed by atoms with Gasteiger partial charge in [-0.25, -0.2) is 4.98 Å². The molecule has 2 heteroatoms. The van der Waals surface area contributed by atoms with Gasteiger partial charge < -0.3 is 4.57 Å². The minimum absolute atomic E-state index is 1.02. The number of hydrogen-bond donors (Lipinski definition) is 0. The van der Waals surface area contributed by atoms with Crippen molar-refractivity contribution in [2.24, 2.45) is 7.05 Å². The van der Waals surface area contributed by atoms with Crippen LogP contribution in [0.3, 0.4) is 0 Å². The van der Waals surface area contributed by atoms with Crippen LogP contribution in [-0.4, -0.2) is 9.55 Å². The summed E-state index contributed by atoms with van der Waals surface area (Å²) in [4.78, 5) is 4.40. The highest BCUT2D eigenvalue weighted by Gasteiger charge is 2.13. The number of fused-ring (bicyclic) bond motifs is 1. The van der Waals surface area contributed by atoms with Crippen molar-refractivity contribution in [1.29, 1.82) is 0 Å². The van der Waals surface area contributed by atoms with Gasteiger partial charge in [0.05, 0.1) is 17.7 Å². The molecule has 0 radical (unpaired) electrons. The Labute approximate surface area is 78.6 Å². The fraction of sp³-hybridized carbons (Fsp3) is 0.364. The van der Waals surface area contributed by atoms with E-state index in [1.807, 2.05) is 13.4 Å². The molecule has 0 saturated heterocycles. The zero-order chi connectivity index (χ0) is 9.42. The largest absolute Gasteiger partial charge is 0.334 e. The van der Waals surface area contributed by atoms with Crippen molar-refractivity contribution in [2.75, 3.05) is 0 Å².